The Hall–Kier alpha value is -1.01. The van der Waals surface area contributed by atoms with Crippen molar-refractivity contribution in [1.29, 1.82) is 0 Å². The molecular weight excluding hydrogens is 236 g/mol. The lowest BCUT2D eigenvalue weighted by Crippen LogP contribution is -2.51. The van der Waals surface area contributed by atoms with E-state index in [0.29, 0.717) is 0 Å². The standard InChI is InChI=1S/C11H18N4OS/c1-3-6-12-9-5-4-7-15(10(9)16)11-13-8(2)14-17-11/h9,12H,3-7H2,1-2H3. The zero-order valence-corrected chi connectivity index (χ0v) is 11.1. The van der Waals surface area contributed by atoms with Crippen LogP contribution in [0.15, 0.2) is 0 Å². The zero-order chi connectivity index (χ0) is 12.3. The molecule has 1 unspecified atom stereocenters. The fourth-order valence-electron chi connectivity index (χ4n) is 1.97. The summed E-state index contributed by atoms with van der Waals surface area (Å²) in [6.45, 7) is 5.60. The number of amides is 1. The van der Waals surface area contributed by atoms with Crippen LogP contribution in [-0.4, -0.2) is 34.4 Å². The molecule has 94 valence electrons. The highest BCUT2D eigenvalue weighted by atomic mass is 32.1. The van der Waals surface area contributed by atoms with E-state index in [1.165, 1.54) is 11.5 Å². The Balaban J connectivity index is 2.05. The third kappa shape index (κ3) is 2.81. The van der Waals surface area contributed by atoms with Crippen molar-refractivity contribution in [3.8, 4) is 0 Å². The molecule has 1 atom stereocenters. The van der Waals surface area contributed by atoms with Crippen LogP contribution in [0.5, 0.6) is 0 Å². The molecule has 1 amide bonds. The molecule has 1 aliphatic rings. The highest BCUT2D eigenvalue weighted by molar-refractivity contribution is 7.09. The van der Waals surface area contributed by atoms with Crippen molar-refractivity contribution in [2.24, 2.45) is 0 Å². The zero-order valence-electron chi connectivity index (χ0n) is 10.3. The maximum absolute atomic E-state index is 12.2. The molecule has 17 heavy (non-hydrogen) atoms. The van der Waals surface area contributed by atoms with Gasteiger partial charge in [0.25, 0.3) is 0 Å². The molecule has 0 aromatic carbocycles. The van der Waals surface area contributed by atoms with Gasteiger partial charge in [0, 0.05) is 18.1 Å². The Kier molecular flexibility index (Phi) is 4.06. The Bertz CT molecular complexity index is 393. The van der Waals surface area contributed by atoms with Crippen molar-refractivity contribution in [3.05, 3.63) is 5.82 Å². The van der Waals surface area contributed by atoms with E-state index in [1.807, 2.05) is 6.92 Å². The van der Waals surface area contributed by atoms with E-state index in [4.69, 9.17) is 0 Å². The van der Waals surface area contributed by atoms with E-state index in [9.17, 15) is 4.79 Å². The number of rotatable bonds is 4. The largest absolute Gasteiger partial charge is 0.306 e. The SMILES string of the molecule is CCCNC1CCCN(c2nc(C)ns2)C1=O. The molecule has 1 saturated heterocycles. The van der Waals surface area contributed by atoms with Crippen LogP contribution in [0.25, 0.3) is 0 Å². The summed E-state index contributed by atoms with van der Waals surface area (Å²) in [6.07, 6.45) is 2.99. The maximum Gasteiger partial charge on any atom is 0.245 e. The van der Waals surface area contributed by atoms with E-state index in [1.54, 1.807) is 4.90 Å². The summed E-state index contributed by atoms with van der Waals surface area (Å²) in [4.78, 5) is 18.3. The van der Waals surface area contributed by atoms with Crippen LogP contribution in [0.2, 0.25) is 0 Å². The molecule has 0 bridgehead atoms. The molecule has 0 saturated carbocycles. The first-order chi connectivity index (χ1) is 8.22. The minimum atomic E-state index is -0.0482. The summed E-state index contributed by atoms with van der Waals surface area (Å²) >= 11 is 1.30. The molecule has 0 aliphatic carbocycles. The Morgan fingerprint density at radius 3 is 3.06 bits per heavy atom. The molecule has 6 heteroatoms. The van der Waals surface area contributed by atoms with Gasteiger partial charge in [-0.1, -0.05) is 6.92 Å². The lowest BCUT2D eigenvalue weighted by atomic mass is 10.1. The van der Waals surface area contributed by atoms with Gasteiger partial charge in [-0.15, -0.1) is 0 Å². The summed E-state index contributed by atoms with van der Waals surface area (Å²) in [5.74, 6) is 0.877. The van der Waals surface area contributed by atoms with Crippen molar-refractivity contribution in [2.45, 2.75) is 39.2 Å². The molecule has 1 fully saturated rings. The number of hydrogen-bond donors (Lipinski definition) is 1. The molecule has 1 aromatic rings. The number of aryl methyl sites for hydroxylation is 1. The van der Waals surface area contributed by atoms with Crippen LogP contribution >= 0.6 is 11.5 Å². The minimum absolute atomic E-state index is 0.0482. The number of carbonyl (C=O) groups is 1. The van der Waals surface area contributed by atoms with E-state index in [-0.39, 0.29) is 11.9 Å². The molecule has 5 nitrogen and oxygen atoms in total. The Morgan fingerprint density at radius 2 is 2.41 bits per heavy atom. The maximum atomic E-state index is 12.2. The van der Waals surface area contributed by atoms with Gasteiger partial charge >= 0.3 is 0 Å². The van der Waals surface area contributed by atoms with Crippen molar-refractivity contribution in [3.63, 3.8) is 0 Å². The quantitative estimate of drug-likeness (QED) is 0.881. The van der Waals surface area contributed by atoms with E-state index in [0.717, 1.165) is 43.3 Å². The predicted molar refractivity (Wildman–Crippen MR) is 68.3 cm³/mol. The number of nitrogens with one attached hydrogen (secondary N) is 1. The first-order valence-corrected chi connectivity index (χ1v) is 6.84. The Labute approximate surface area is 105 Å². The summed E-state index contributed by atoms with van der Waals surface area (Å²) in [7, 11) is 0. The third-order valence-corrected chi connectivity index (χ3v) is 3.66. The highest BCUT2D eigenvalue weighted by Crippen LogP contribution is 2.22. The van der Waals surface area contributed by atoms with Crippen LogP contribution in [0, 0.1) is 6.92 Å². The average molecular weight is 254 g/mol. The van der Waals surface area contributed by atoms with E-state index < -0.39 is 0 Å². The number of hydrogen-bond acceptors (Lipinski definition) is 5. The second kappa shape index (κ2) is 5.55. The smallest absolute Gasteiger partial charge is 0.245 e. The fraction of sp³-hybridized carbons (Fsp3) is 0.727. The van der Waals surface area contributed by atoms with Gasteiger partial charge in [0.2, 0.25) is 11.0 Å². The number of anilines is 1. The van der Waals surface area contributed by atoms with Gasteiger partial charge in [-0.2, -0.15) is 4.37 Å². The van der Waals surface area contributed by atoms with Gasteiger partial charge in [0.05, 0.1) is 6.04 Å². The summed E-state index contributed by atoms with van der Waals surface area (Å²) in [5, 5.41) is 4.02. The second-order valence-electron chi connectivity index (χ2n) is 4.26. The van der Waals surface area contributed by atoms with Crippen LogP contribution < -0.4 is 10.2 Å². The van der Waals surface area contributed by atoms with Crippen molar-refractivity contribution < 1.29 is 4.79 Å². The van der Waals surface area contributed by atoms with Crippen LogP contribution in [-0.2, 0) is 4.79 Å². The van der Waals surface area contributed by atoms with Gasteiger partial charge in [-0.25, -0.2) is 4.98 Å². The fourth-order valence-corrected chi connectivity index (χ4v) is 2.68. The Morgan fingerprint density at radius 1 is 1.59 bits per heavy atom. The van der Waals surface area contributed by atoms with Crippen LogP contribution in [0.4, 0.5) is 5.13 Å². The number of piperidine rings is 1. The highest BCUT2D eigenvalue weighted by Gasteiger charge is 2.30. The summed E-state index contributed by atoms with van der Waals surface area (Å²) in [5.41, 5.74) is 0. The third-order valence-electron chi connectivity index (χ3n) is 2.83. The summed E-state index contributed by atoms with van der Waals surface area (Å²) < 4.78 is 4.13. The van der Waals surface area contributed by atoms with E-state index in [2.05, 4.69) is 21.6 Å². The first-order valence-electron chi connectivity index (χ1n) is 6.07. The van der Waals surface area contributed by atoms with E-state index >= 15 is 0 Å². The number of carbonyl (C=O) groups excluding carboxylic acids is 1. The number of nitrogens with zero attached hydrogens (tertiary/aromatic N) is 3. The molecule has 1 aromatic heterocycles. The van der Waals surface area contributed by atoms with Gasteiger partial charge in [-0.3, -0.25) is 9.69 Å². The van der Waals surface area contributed by atoms with Crippen LogP contribution in [0.3, 0.4) is 0 Å². The van der Waals surface area contributed by atoms with Gasteiger partial charge in [-0.05, 0) is 32.7 Å². The first kappa shape index (κ1) is 12.4. The molecule has 2 rings (SSSR count). The van der Waals surface area contributed by atoms with Gasteiger partial charge < -0.3 is 5.32 Å². The van der Waals surface area contributed by atoms with Crippen LogP contribution in [0.1, 0.15) is 32.0 Å². The summed E-state index contributed by atoms with van der Waals surface area (Å²) in [6, 6.07) is -0.0482. The monoisotopic (exact) mass is 254 g/mol. The van der Waals surface area contributed by atoms with Crippen molar-refractivity contribution in [2.75, 3.05) is 18.0 Å². The molecule has 2 heterocycles. The van der Waals surface area contributed by atoms with Gasteiger partial charge in [0.1, 0.15) is 5.82 Å². The normalized spacial score (nSPS) is 20.9. The molecule has 0 radical (unpaired) electrons. The molecule has 1 aliphatic heterocycles. The van der Waals surface area contributed by atoms with Gasteiger partial charge in [0.15, 0.2) is 0 Å². The second-order valence-corrected chi connectivity index (χ2v) is 4.99. The predicted octanol–water partition coefficient (Wildman–Crippen LogP) is 1.34. The molecule has 0 spiro atoms. The van der Waals surface area contributed by atoms with Crippen molar-refractivity contribution in [1.82, 2.24) is 14.7 Å². The van der Waals surface area contributed by atoms with Crippen molar-refractivity contribution >= 4 is 22.6 Å². The number of aromatic nitrogens is 2. The minimum Gasteiger partial charge on any atom is -0.306 e. The lowest BCUT2D eigenvalue weighted by Gasteiger charge is -2.30. The topological polar surface area (TPSA) is 58.1 Å². The lowest BCUT2D eigenvalue weighted by molar-refractivity contribution is -0.121. The molecular formula is C11H18N4OS. The molecule has 1 N–H and O–H groups in total. The average Bonchev–Trinajstić information content (AvgIpc) is 2.74.